The minimum absolute atomic E-state index is 0. The molecule has 6 aromatic rings. The average molecular weight is 1220 g/mol. The van der Waals surface area contributed by atoms with E-state index >= 15 is 0 Å². The van der Waals surface area contributed by atoms with Crippen molar-refractivity contribution in [3.8, 4) is 45.9 Å². The Kier molecular flexibility index (Phi) is 21.2. The zero-order chi connectivity index (χ0) is 56.8. The average Bonchev–Trinajstić information content (AvgIpc) is 4.39. The van der Waals surface area contributed by atoms with Crippen molar-refractivity contribution in [2.24, 2.45) is 0 Å². The Labute approximate surface area is 504 Å². The van der Waals surface area contributed by atoms with Crippen molar-refractivity contribution in [3.05, 3.63) is 95.9 Å². The predicted octanol–water partition coefficient (Wildman–Crippen LogP) is 2.38. The molecule has 6 aliphatic heterocycles. The number of aryl methyl sites for hydroxylation is 1. The molecule has 0 bridgehead atoms. The van der Waals surface area contributed by atoms with E-state index in [-0.39, 0.29) is 85.2 Å². The Morgan fingerprint density at radius 3 is 1.57 bits per heavy atom. The van der Waals surface area contributed by atoms with E-state index in [9.17, 15) is 30.3 Å². The van der Waals surface area contributed by atoms with E-state index in [4.69, 9.17) is 65.7 Å². The Bertz CT molecular complexity index is 3510. The fourth-order valence-corrected chi connectivity index (χ4v) is 13.8. The Balaban J connectivity index is 0.000000175. The van der Waals surface area contributed by atoms with Crippen molar-refractivity contribution in [1.82, 2.24) is 43.9 Å². The van der Waals surface area contributed by atoms with Crippen LogP contribution in [-0.2, 0) is 29.1 Å². The molecule has 31 heteroatoms. The summed E-state index contributed by atoms with van der Waals surface area (Å²) in [7, 11) is -6.69. The minimum atomic E-state index is -3.69. The van der Waals surface area contributed by atoms with Crippen LogP contribution in [0.4, 0.5) is 0 Å². The number of piperidine rings is 3. The molecule has 3 saturated heterocycles. The summed E-state index contributed by atoms with van der Waals surface area (Å²) in [5.74, 6) is 3.68. The summed E-state index contributed by atoms with van der Waals surface area (Å²) < 4.78 is 110. The van der Waals surface area contributed by atoms with Crippen LogP contribution in [0.3, 0.4) is 0 Å². The molecular formula is C50H62B2Cl2N9NaO14S3. The number of nitrogens with zero attached hydrogens (tertiary/aromatic N) is 6. The second-order valence-corrected chi connectivity index (χ2v) is 26.3. The summed E-state index contributed by atoms with van der Waals surface area (Å²) in [6.07, 6.45) is 8.12. The van der Waals surface area contributed by atoms with E-state index in [1.165, 1.54) is 38.9 Å². The van der Waals surface area contributed by atoms with Gasteiger partial charge in [0, 0.05) is 96.8 Å². The zero-order valence-electron chi connectivity index (χ0n) is 46.0. The topological polar surface area (TPSA) is 284 Å². The van der Waals surface area contributed by atoms with Gasteiger partial charge < -0.3 is 60.2 Å². The van der Waals surface area contributed by atoms with E-state index in [1.807, 2.05) is 25.1 Å². The molecule has 0 radical (unpaired) electrons. The van der Waals surface area contributed by atoms with Crippen molar-refractivity contribution in [3.63, 3.8) is 0 Å². The first-order valence-electron chi connectivity index (χ1n) is 25.9. The number of hydrogen-bond acceptors (Lipinski definition) is 20. The molecule has 0 spiro atoms. The largest absolute Gasteiger partial charge is 1.00 e. The number of ether oxygens (including phenoxy) is 6. The molecule has 0 atom stereocenters. The maximum absolute atomic E-state index is 13.3. The quantitative estimate of drug-likeness (QED) is 0.0920. The van der Waals surface area contributed by atoms with Crippen molar-refractivity contribution in [2.45, 2.75) is 91.9 Å². The molecule has 23 nitrogen and oxygen atoms in total. The summed E-state index contributed by atoms with van der Waals surface area (Å²) in [4.78, 5) is 14.1. The van der Waals surface area contributed by atoms with Gasteiger partial charge in [0.15, 0.2) is 40.1 Å². The number of aromatic nitrogens is 4. The third-order valence-electron chi connectivity index (χ3n) is 13.8. The van der Waals surface area contributed by atoms with Crippen LogP contribution in [0.5, 0.6) is 34.5 Å². The van der Waals surface area contributed by atoms with E-state index < -0.39 is 36.1 Å². The van der Waals surface area contributed by atoms with Gasteiger partial charge in [0.05, 0.1) is 19.7 Å². The first kappa shape index (κ1) is 62.6. The number of halogens is 2. The minimum Gasteiger partial charge on any atom is -1.00 e. The molecule has 0 saturated carbocycles. The monoisotopic (exact) mass is 1220 g/mol. The summed E-state index contributed by atoms with van der Waals surface area (Å²) in [6, 6.07) is 20.0. The summed E-state index contributed by atoms with van der Waals surface area (Å²) in [5, 5.41) is 28.2. The maximum Gasteiger partial charge on any atom is 1.00 e. The molecule has 0 aliphatic carbocycles. The molecule has 6 aliphatic rings. The van der Waals surface area contributed by atoms with Crippen LogP contribution in [-0.4, -0.2) is 149 Å². The fraction of sp³-hybridized carbons (Fsp3) is 0.420. The van der Waals surface area contributed by atoms with Gasteiger partial charge in [0.25, 0.3) is 9.05 Å². The Hall–Kier alpha value is -4.49. The Morgan fingerprint density at radius 1 is 0.630 bits per heavy atom. The molecular weight excluding hydrogens is 1160 g/mol. The van der Waals surface area contributed by atoms with Crippen LogP contribution < -0.4 is 73.8 Å². The van der Waals surface area contributed by atoms with Crippen LogP contribution in [0.25, 0.3) is 22.6 Å². The molecule has 3 aromatic heterocycles. The van der Waals surface area contributed by atoms with Gasteiger partial charge >= 0.3 is 43.7 Å². The molecule has 0 unspecified atom stereocenters. The summed E-state index contributed by atoms with van der Waals surface area (Å²) in [6.45, 7) is 9.45. The van der Waals surface area contributed by atoms with Crippen LogP contribution in [0.2, 0.25) is 18.7 Å². The Morgan fingerprint density at radius 2 is 1.09 bits per heavy atom. The summed E-state index contributed by atoms with van der Waals surface area (Å²) >= 11 is 6.48. The van der Waals surface area contributed by atoms with E-state index in [2.05, 4.69) is 25.3 Å². The second-order valence-electron chi connectivity index (χ2n) is 19.5. The summed E-state index contributed by atoms with van der Waals surface area (Å²) in [5.41, 5.74) is 3.19. The third-order valence-corrected chi connectivity index (χ3v) is 19.3. The van der Waals surface area contributed by atoms with Crippen molar-refractivity contribution in [2.75, 3.05) is 59.6 Å². The number of hydrogen-bond donors (Lipinski definition) is 5. The molecule has 81 heavy (non-hydrogen) atoms. The van der Waals surface area contributed by atoms with Gasteiger partial charge in [-0.1, -0.05) is 11.6 Å². The van der Waals surface area contributed by atoms with Gasteiger partial charge in [0.1, 0.15) is 11.3 Å². The molecule has 0 amide bonds. The van der Waals surface area contributed by atoms with E-state index in [0.29, 0.717) is 103 Å². The molecule has 9 heterocycles. The number of pyridine rings is 2. The van der Waals surface area contributed by atoms with Gasteiger partial charge in [-0.05, 0) is 127 Å². The first-order chi connectivity index (χ1) is 38.2. The van der Waals surface area contributed by atoms with E-state index in [0.717, 1.165) is 48.4 Å². The second kappa shape index (κ2) is 27.5. The molecule has 430 valence electrons. The van der Waals surface area contributed by atoms with Gasteiger partial charge in [-0.2, -0.15) is 8.61 Å². The number of imidazole rings is 1. The SMILES string of the molecule is CB(O)NC1CCN(S(=O)(=O)c2ccc3c(c2)OCO3)CC1.CB(O)NC1CCNCC1.Cc1ccc2nc(-c3ccncc3Cl)n(C3CCN(S(=O)(=O)c4ccc5c(c4)OCO5)CC3)c2n1.O=S(=O)(Cl)c1ccc2c(c1)OCO2.[H-].[Na+]. The standard InChI is InChI=1S/C24H22ClN5O4S.C13H19BN2O5S.C7H5ClO4S.C6H15BN2O.Na.H/c1-15-2-4-20-24(27-15)30(23(28-20)18-6-9-26-13-19(18)25)16-7-10-29(11-8-16)35(31,32)17-3-5-21-22(12-17)34-14-33-21;1-14(17)15-10-4-6-16(7-5-10)22(18,19)11-2-3-12-13(8-11)21-9-20-12;8-13(9,10)5-1-2-6-7(3-5)12-4-11-6;1-7(10)9-6-2-4-8-5-3-6;;/h2-6,9,12-13,16H,7-8,10-11,14H2,1H3;2-3,8,10,15,17H,4-7,9H2,1H3;1-3H,4H2;6,8-10H,2-5H2,1H3;;/q;;;;+1;-1. The predicted molar refractivity (Wildman–Crippen MR) is 301 cm³/mol. The first-order valence-corrected chi connectivity index (χ1v) is 31.5. The van der Waals surface area contributed by atoms with Gasteiger partial charge in [-0.3, -0.25) is 4.98 Å². The van der Waals surface area contributed by atoms with E-state index in [1.54, 1.807) is 50.3 Å². The van der Waals surface area contributed by atoms with Crippen molar-refractivity contribution < 1.29 is 94.7 Å². The van der Waals surface area contributed by atoms with Gasteiger partial charge in [-0.15, -0.1) is 0 Å². The number of rotatable bonds is 11. The molecule has 5 N–H and O–H groups in total. The number of fused-ring (bicyclic) bond motifs is 4. The fourth-order valence-electron chi connectivity index (χ4n) is 9.84. The molecule has 12 rings (SSSR count). The normalized spacial score (nSPS) is 17.4. The third kappa shape index (κ3) is 15.5. The number of benzene rings is 3. The van der Waals surface area contributed by atoms with Crippen LogP contribution >= 0.6 is 22.3 Å². The zero-order valence-corrected chi connectivity index (χ0v) is 51.0. The van der Waals surface area contributed by atoms with Crippen LogP contribution in [0.1, 0.15) is 51.7 Å². The number of sulfonamides is 2. The maximum atomic E-state index is 13.3. The van der Waals surface area contributed by atoms with Crippen molar-refractivity contribution >= 4 is 76.6 Å². The van der Waals surface area contributed by atoms with Crippen molar-refractivity contribution in [1.29, 1.82) is 0 Å². The smallest absolute Gasteiger partial charge is 1.00 e. The number of nitrogens with one attached hydrogen (secondary N) is 3. The molecule has 3 aromatic carbocycles. The molecule has 3 fully saturated rings. The van der Waals surface area contributed by atoms with Gasteiger partial charge in [-0.25, -0.2) is 35.2 Å². The van der Waals surface area contributed by atoms with Crippen LogP contribution in [0, 0.1) is 6.92 Å². The van der Waals surface area contributed by atoms with Gasteiger partial charge in [0.2, 0.25) is 40.4 Å². The van der Waals surface area contributed by atoms with Crippen LogP contribution in [0.15, 0.2) is 99.9 Å².